The Bertz CT molecular complexity index is 491. The third-order valence-corrected chi connectivity index (χ3v) is 2.81. The molecule has 2 aromatic rings. The summed E-state index contributed by atoms with van der Waals surface area (Å²) in [6, 6.07) is 10.1. The minimum atomic E-state index is -0.0219. The largest absolute Gasteiger partial charge is 0.341 e. The first-order valence-electron chi connectivity index (χ1n) is 6.01. The lowest BCUT2D eigenvalue weighted by atomic mass is 10.2. The van der Waals surface area contributed by atoms with Gasteiger partial charge in [-0.3, -0.25) is 4.79 Å². The van der Waals surface area contributed by atoms with E-state index in [-0.39, 0.29) is 11.9 Å². The highest BCUT2D eigenvalue weighted by Gasteiger charge is 2.19. The second kappa shape index (κ2) is 5.49. The summed E-state index contributed by atoms with van der Waals surface area (Å²) in [5, 5.41) is 0. The highest BCUT2D eigenvalue weighted by molar-refractivity contribution is 5.92. The molecule has 0 unspecified atom stereocenters. The Morgan fingerprint density at radius 1 is 1.33 bits per heavy atom. The topological polar surface area (TPSA) is 49.0 Å². The third kappa shape index (κ3) is 2.77. The number of aromatic amines is 1. The average molecular weight is 243 g/mol. The van der Waals surface area contributed by atoms with Crippen LogP contribution in [0.3, 0.4) is 0 Å². The first kappa shape index (κ1) is 12.4. The van der Waals surface area contributed by atoms with Gasteiger partial charge >= 0.3 is 0 Å². The highest BCUT2D eigenvalue weighted by atomic mass is 16.2. The number of amides is 1. The SMILES string of the molecule is CC(C)N(Cc1ccccc1)C(=O)c1cnc[nH]1. The first-order valence-corrected chi connectivity index (χ1v) is 6.01. The van der Waals surface area contributed by atoms with Gasteiger partial charge in [-0.25, -0.2) is 4.98 Å². The molecular weight excluding hydrogens is 226 g/mol. The van der Waals surface area contributed by atoms with Gasteiger partial charge < -0.3 is 9.88 Å². The van der Waals surface area contributed by atoms with Crippen LogP contribution < -0.4 is 0 Å². The van der Waals surface area contributed by atoms with E-state index in [1.54, 1.807) is 6.20 Å². The number of rotatable bonds is 4. The zero-order chi connectivity index (χ0) is 13.0. The van der Waals surface area contributed by atoms with E-state index in [1.807, 2.05) is 49.1 Å². The summed E-state index contributed by atoms with van der Waals surface area (Å²) in [6.45, 7) is 4.63. The van der Waals surface area contributed by atoms with E-state index < -0.39 is 0 Å². The second-order valence-electron chi connectivity index (χ2n) is 4.48. The molecule has 0 saturated carbocycles. The van der Waals surface area contributed by atoms with Crippen molar-refractivity contribution in [3.05, 3.63) is 54.1 Å². The predicted octanol–water partition coefficient (Wildman–Crippen LogP) is 2.46. The van der Waals surface area contributed by atoms with E-state index in [4.69, 9.17) is 0 Å². The molecule has 0 aliphatic carbocycles. The van der Waals surface area contributed by atoms with Gasteiger partial charge in [0.1, 0.15) is 5.69 Å². The van der Waals surface area contributed by atoms with Gasteiger partial charge in [-0.15, -0.1) is 0 Å². The number of carbonyl (C=O) groups excluding carboxylic acids is 1. The van der Waals surface area contributed by atoms with Crippen molar-refractivity contribution in [2.75, 3.05) is 0 Å². The van der Waals surface area contributed by atoms with Crippen LogP contribution >= 0.6 is 0 Å². The Morgan fingerprint density at radius 3 is 2.61 bits per heavy atom. The molecule has 1 aromatic carbocycles. The van der Waals surface area contributed by atoms with Crippen LogP contribution in [0.15, 0.2) is 42.9 Å². The van der Waals surface area contributed by atoms with Crippen molar-refractivity contribution in [2.45, 2.75) is 26.4 Å². The standard InChI is InChI=1S/C14H17N3O/c1-11(2)17(9-12-6-4-3-5-7-12)14(18)13-8-15-10-16-13/h3-8,10-11H,9H2,1-2H3,(H,15,16). The van der Waals surface area contributed by atoms with Gasteiger partial charge in [0, 0.05) is 12.6 Å². The highest BCUT2D eigenvalue weighted by Crippen LogP contribution is 2.11. The molecule has 94 valence electrons. The predicted molar refractivity (Wildman–Crippen MR) is 70.0 cm³/mol. The molecule has 0 saturated heterocycles. The average Bonchev–Trinajstić information content (AvgIpc) is 2.90. The van der Waals surface area contributed by atoms with E-state index in [0.29, 0.717) is 12.2 Å². The fraction of sp³-hybridized carbons (Fsp3) is 0.286. The van der Waals surface area contributed by atoms with Crippen molar-refractivity contribution in [1.29, 1.82) is 0 Å². The monoisotopic (exact) mass is 243 g/mol. The lowest BCUT2D eigenvalue weighted by Crippen LogP contribution is -2.36. The number of carbonyl (C=O) groups is 1. The molecule has 0 aliphatic rings. The van der Waals surface area contributed by atoms with E-state index in [9.17, 15) is 4.79 Å². The van der Waals surface area contributed by atoms with Crippen molar-refractivity contribution < 1.29 is 4.79 Å². The number of hydrogen-bond donors (Lipinski definition) is 1. The van der Waals surface area contributed by atoms with Gasteiger partial charge in [-0.2, -0.15) is 0 Å². The molecule has 0 bridgehead atoms. The van der Waals surface area contributed by atoms with Crippen molar-refractivity contribution in [3.8, 4) is 0 Å². The van der Waals surface area contributed by atoms with Crippen LogP contribution in [0.25, 0.3) is 0 Å². The van der Waals surface area contributed by atoms with Gasteiger partial charge in [0.2, 0.25) is 0 Å². The van der Waals surface area contributed by atoms with Gasteiger partial charge in [0.05, 0.1) is 12.5 Å². The number of H-pyrrole nitrogens is 1. The smallest absolute Gasteiger partial charge is 0.272 e. The number of nitrogens with one attached hydrogen (secondary N) is 1. The second-order valence-corrected chi connectivity index (χ2v) is 4.48. The number of hydrogen-bond acceptors (Lipinski definition) is 2. The molecule has 4 heteroatoms. The zero-order valence-corrected chi connectivity index (χ0v) is 10.6. The van der Waals surface area contributed by atoms with Crippen molar-refractivity contribution in [1.82, 2.24) is 14.9 Å². The molecule has 1 aromatic heterocycles. The fourth-order valence-electron chi connectivity index (χ4n) is 1.80. The molecule has 0 aliphatic heterocycles. The maximum atomic E-state index is 12.3. The minimum absolute atomic E-state index is 0.0219. The van der Waals surface area contributed by atoms with Gasteiger partial charge in [-0.1, -0.05) is 30.3 Å². The summed E-state index contributed by atoms with van der Waals surface area (Å²) < 4.78 is 0. The maximum Gasteiger partial charge on any atom is 0.272 e. The van der Waals surface area contributed by atoms with Crippen LogP contribution in [0.1, 0.15) is 29.9 Å². The molecule has 18 heavy (non-hydrogen) atoms. The fourth-order valence-corrected chi connectivity index (χ4v) is 1.80. The van der Waals surface area contributed by atoms with Crippen LogP contribution in [-0.4, -0.2) is 26.8 Å². The molecular formula is C14H17N3O. The zero-order valence-electron chi connectivity index (χ0n) is 10.6. The first-order chi connectivity index (χ1) is 8.68. The third-order valence-electron chi connectivity index (χ3n) is 2.81. The molecule has 1 N–H and O–H groups in total. The number of imidazole rings is 1. The van der Waals surface area contributed by atoms with E-state index in [2.05, 4.69) is 9.97 Å². The summed E-state index contributed by atoms with van der Waals surface area (Å²) >= 11 is 0. The van der Waals surface area contributed by atoms with Crippen molar-refractivity contribution >= 4 is 5.91 Å². The Balaban J connectivity index is 2.17. The summed E-state index contributed by atoms with van der Waals surface area (Å²) in [5.74, 6) is -0.0219. The summed E-state index contributed by atoms with van der Waals surface area (Å²) in [7, 11) is 0. The quantitative estimate of drug-likeness (QED) is 0.896. The number of benzene rings is 1. The van der Waals surface area contributed by atoms with Crippen LogP contribution in [0.5, 0.6) is 0 Å². The van der Waals surface area contributed by atoms with Crippen LogP contribution in [0, 0.1) is 0 Å². The van der Waals surface area contributed by atoms with Crippen LogP contribution in [0.2, 0.25) is 0 Å². The number of nitrogens with zero attached hydrogens (tertiary/aromatic N) is 2. The summed E-state index contributed by atoms with van der Waals surface area (Å²) in [6.07, 6.45) is 3.08. The Labute approximate surface area is 107 Å². The molecule has 0 atom stereocenters. The van der Waals surface area contributed by atoms with Crippen molar-refractivity contribution in [2.24, 2.45) is 0 Å². The van der Waals surface area contributed by atoms with Crippen molar-refractivity contribution in [3.63, 3.8) is 0 Å². The molecule has 1 amide bonds. The summed E-state index contributed by atoms with van der Waals surface area (Å²) in [4.78, 5) is 20.9. The van der Waals surface area contributed by atoms with Gasteiger partial charge in [-0.05, 0) is 19.4 Å². The normalized spacial score (nSPS) is 10.6. The number of aromatic nitrogens is 2. The van der Waals surface area contributed by atoms with E-state index >= 15 is 0 Å². The Morgan fingerprint density at radius 2 is 2.06 bits per heavy atom. The van der Waals surface area contributed by atoms with Gasteiger partial charge in [0.25, 0.3) is 5.91 Å². The summed E-state index contributed by atoms with van der Waals surface area (Å²) in [5.41, 5.74) is 1.65. The molecule has 0 radical (unpaired) electrons. The lowest BCUT2D eigenvalue weighted by molar-refractivity contribution is 0.0685. The maximum absolute atomic E-state index is 12.3. The van der Waals surface area contributed by atoms with Crippen LogP contribution in [0.4, 0.5) is 0 Å². The molecule has 0 fully saturated rings. The van der Waals surface area contributed by atoms with E-state index in [0.717, 1.165) is 5.56 Å². The Kier molecular flexibility index (Phi) is 3.77. The lowest BCUT2D eigenvalue weighted by Gasteiger charge is -2.26. The van der Waals surface area contributed by atoms with E-state index in [1.165, 1.54) is 6.33 Å². The minimum Gasteiger partial charge on any atom is -0.341 e. The molecule has 2 rings (SSSR count). The molecule has 4 nitrogen and oxygen atoms in total. The molecule has 1 heterocycles. The Hall–Kier alpha value is -2.10. The van der Waals surface area contributed by atoms with Crippen LogP contribution in [-0.2, 0) is 6.54 Å². The van der Waals surface area contributed by atoms with Gasteiger partial charge in [0.15, 0.2) is 0 Å². The molecule has 0 spiro atoms.